The zero-order valence-electron chi connectivity index (χ0n) is 12.3. The molecule has 4 aromatic rings. The second-order valence-electron chi connectivity index (χ2n) is 5.73. The van der Waals surface area contributed by atoms with Crippen molar-refractivity contribution >= 4 is 31.9 Å². The molecule has 0 bridgehead atoms. The van der Waals surface area contributed by atoms with Crippen LogP contribution in [0.3, 0.4) is 0 Å². The zero-order valence-corrected chi connectivity index (χ0v) is 13.1. The molecule has 0 fully saturated rings. The Labute approximate surface area is 137 Å². The van der Waals surface area contributed by atoms with Gasteiger partial charge in [0, 0.05) is 16.5 Å². The van der Waals surface area contributed by atoms with Gasteiger partial charge in [0.05, 0.1) is 22.4 Å². The molecular weight excluding hydrogens is 324 g/mol. The lowest BCUT2D eigenvalue weighted by Gasteiger charge is -2.07. The van der Waals surface area contributed by atoms with Gasteiger partial charge in [-0.3, -0.25) is 4.55 Å². The van der Waals surface area contributed by atoms with E-state index in [1.54, 1.807) is 6.07 Å². The Hall–Kier alpha value is -2.83. The van der Waals surface area contributed by atoms with E-state index < -0.39 is 10.1 Å². The van der Waals surface area contributed by atoms with Crippen LogP contribution in [0.15, 0.2) is 59.5 Å². The van der Waals surface area contributed by atoms with Gasteiger partial charge in [-0.25, -0.2) is 9.97 Å². The Balaban J connectivity index is 2.04. The summed E-state index contributed by atoms with van der Waals surface area (Å²) in [6, 6.07) is 16.3. The van der Waals surface area contributed by atoms with Gasteiger partial charge in [0.1, 0.15) is 4.90 Å². The van der Waals surface area contributed by atoms with E-state index in [2.05, 4.69) is 9.97 Å². The molecule has 6 heteroatoms. The lowest BCUT2D eigenvalue weighted by atomic mass is 10.0. The number of rotatable bonds is 1. The maximum Gasteiger partial charge on any atom is 0.295 e. The average molecular weight is 334 g/mol. The molecule has 0 aliphatic heterocycles. The first-order valence-electron chi connectivity index (χ1n) is 7.35. The predicted octanol–water partition coefficient (Wildman–Crippen LogP) is 3.68. The molecule has 0 amide bonds. The number of aromatic nitrogens is 2. The van der Waals surface area contributed by atoms with E-state index in [4.69, 9.17) is 0 Å². The van der Waals surface area contributed by atoms with Crippen LogP contribution in [-0.4, -0.2) is 22.9 Å². The third kappa shape index (κ3) is 1.69. The number of hydrogen-bond acceptors (Lipinski definition) is 4. The van der Waals surface area contributed by atoms with Crippen LogP contribution in [0, 0.1) is 0 Å². The van der Waals surface area contributed by atoms with Gasteiger partial charge in [0.2, 0.25) is 0 Å². The quantitative estimate of drug-likeness (QED) is 0.473. The fraction of sp³-hybridized carbons (Fsp3) is 0. The number of benzene rings is 3. The molecule has 0 saturated carbocycles. The molecule has 1 aromatic heterocycles. The molecule has 0 saturated heterocycles. The molecule has 1 heterocycles. The van der Waals surface area contributed by atoms with Crippen molar-refractivity contribution in [2.24, 2.45) is 0 Å². The second-order valence-corrected chi connectivity index (χ2v) is 7.12. The minimum absolute atomic E-state index is 0.134. The van der Waals surface area contributed by atoms with Crippen molar-refractivity contribution in [3.63, 3.8) is 0 Å². The largest absolute Gasteiger partial charge is 0.295 e. The van der Waals surface area contributed by atoms with Gasteiger partial charge in [-0.1, -0.05) is 36.4 Å². The van der Waals surface area contributed by atoms with Gasteiger partial charge in [0.25, 0.3) is 10.1 Å². The predicted molar refractivity (Wildman–Crippen MR) is 91.3 cm³/mol. The summed E-state index contributed by atoms with van der Waals surface area (Å²) in [5.74, 6) is 0. The Morgan fingerprint density at radius 2 is 1.50 bits per heavy atom. The highest BCUT2D eigenvalue weighted by Gasteiger charge is 2.30. The summed E-state index contributed by atoms with van der Waals surface area (Å²) in [4.78, 5) is 9.18. The minimum atomic E-state index is -4.37. The lowest BCUT2D eigenvalue weighted by Crippen LogP contribution is -2.01. The van der Waals surface area contributed by atoms with Crippen LogP contribution in [0.4, 0.5) is 0 Å². The van der Waals surface area contributed by atoms with E-state index >= 15 is 0 Å². The molecule has 0 atom stereocenters. The van der Waals surface area contributed by atoms with E-state index in [0.29, 0.717) is 22.5 Å². The Kier molecular flexibility index (Phi) is 2.48. The van der Waals surface area contributed by atoms with Crippen molar-refractivity contribution in [1.82, 2.24) is 9.97 Å². The Morgan fingerprint density at radius 1 is 0.792 bits per heavy atom. The number of hydrogen-bond donors (Lipinski definition) is 1. The van der Waals surface area contributed by atoms with Crippen molar-refractivity contribution in [3.05, 3.63) is 54.6 Å². The van der Waals surface area contributed by atoms with Gasteiger partial charge in [-0.05, 0) is 23.6 Å². The van der Waals surface area contributed by atoms with Gasteiger partial charge in [-0.15, -0.1) is 0 Å². The number of nitrogens with zero attached hydrogens (tertiary/aromatic N) is 2. The smallest absolute Gasteiger partial charge is 0.282 e. The van der Waals surface area contributed by atoms with Gasteiger partial charge in [0.15, 0.2) is 0 Å². The molecule has 1 N–H and O–H groups in total. The highest BCUT2D eigenvalue weighted by molar-refractivity contribution is 7.86. The van der Waals surface area contributed by atoms with Crippen molar-refractivity contribution in [3.8, 4) is 22.5 Å². The van der Waals surface area contributed by atoms with Crippen molar-refractivity contribution in [2.75, 3.05) is 0 Å². The SMILES string of the molecule is O=S(=O)(O)c1ccc2cccc3c2c1-c1nc2ccccc2nc1-3. The fourth-order valence-electron chi connectivity index (χ4n) is 3.37. The van der Waals surface area contributed by atoms with Crippen LogP contribution in [0.1, 0.15) is 0 Å². The standard InChI is InChI=1S/C18H10N2O3S/c21-24(22,23)14-9-8-10-4-3-5-11-15(10)16(14)18-17(11)19-12-6-1-2-7-13(12)20-18/h1-9H,(H,21,22,23). The topological polar surface area (TPSA) is 80.2 Å². The molecule has 1 aliphatic rings. The summed E-state index contributed by atoms with van der Waals surface area (Å²) in [5, 5.41) is 1.65. The number of fused-ring (bicyclic) bond motifs is 4. The number of para-hydroxylation sites is 2. The van der Waals surface area contributed by atoms with E-state index in [0.717, 1.165) is 21.9 Å². The fourth-order valence-corrected chi connectivity index (χ4v) is 4.07. The Morgan fingerprint density at radius 3 is 2.21 bits per heavy atom. The zero-order chi connectivity index (χ0) is 16.5. The Bertz CT molecular complexity index is 1280. The van der Waals surface area contributed by atoms with Crippen LogP contribution >= 0.6 is 0 Å². The summed E-state index contributed by atoms with van der Waals surface area (Å²) in [5.41, 5.74) is 3.83. The van der Waals surface area contributed by atoms with Crippen molar-refractivity contribution in [1.29, 1.82) is 0 Å². The van der Waals surface area contributed by atoms with Gasteiger partial charge >= 0.3 is 0 Å². The molecular formula is C18H10N2O3S. The maximum atomic E-state index is 11.9. The maximum absolute atomic E-state index is 11.9. The first kappa shape index (κ1) is 13.6. The molecule has 116 valence electrons. The van der Waals surface area contributed by atoms with Crippen LogP contribution in [0.25, 0.3) is 44.3 Å². The van der Waals surface area contributed by atoms with Crippen LogP contribution in [-0.2, 0) is 10.1 Å². The normalized spacial score (nSPS) is 12.7. The molecule has 5 rings (SSSR count). The van der Waals surface area contributed by atoms with Crippen LogP contribution in [0.2, 0.25) is 0 Å². The monoisotopic (exact) mass is 334 g/mol. The minimum Gasteiger partial charge on any atom is -0.282 e. The highest BCUT2D eigenvalue weighted by atomic mass is 32.2. The van der Waals surface area contributed by atoms with Gasteiger partial charge < -0.3 is 0 Å². The van der Waals surface area contributed by atoms with E-state index in [-0.39, 0.29) is 4.90 Å². The van der Waals surface area contributed by atoms with E-state index in [1.165, 1.54) is 6.07 Å². The third-order valence-electron chi connectivity index (χ3n) is 4.35. The molecule has 0 unspecified atom stereocenters. The van der Waals surface area contributed by atoms with Crippen LogP contribution in [0.5, 0.6) is 0 Å². The summed E-state index contributed by atoms with van der Waals surface area (Å²) in [6.45, 7) is 0. The van der Waals surface area contributed by atoms with E-state index in [9.17, 15) is 13.0 Å². The lowest BCUT2D eigenvalue weighted by molar-refractivity contribution is 0.483. The second kappa shape index (κ2) is 4.37. The molecule has 5 nitrogen and oxygen atoms in total. The first-order valence-corrected chi connectivity index (χ1v) is 8.79. The van der Waals surface area contributed by atoms with Gasteiger partial charge in [-0.2, -0.15) is 8.42 Å². The average Bonchev–Trinajstić information content (AvgIpc) is 2.88. The van der Waals surface area contributed by atoms with Crippen molar-refractivity contribution < 1.29 is 13.0 Å². The summed E-state index contributed by atoms with van der Waals surface area (Å²) >= 11 is 0. The highest BCUT2D eigenvalue weighted by Crippen LogP contribution is 2.48. The molecule has 24 heavy (non-hydrogen) atoms. The molecule has 3 aromatic carbocycles. The third-order valence-corrected chi connectivity index (χ3v) is 5.24. The summed E-state index contributed by atoms with van der Waals surface area (Å²) in [6.07, 6.45) is 0. The molecule has 0 radical (unpaired) electrons. The first-order chi connectivity index (χ1) is 11.5. The van der Waals surface area contributed by atoms with E-state index in [1.807, 2.05) is 42.5 Å². The van der Waals surface area contributed by atoms with Crippen molar-refractivity contribution in [2.45, 2.75) is 4.90 Å². The molecule has 1 aliphatic carbocycles. The summed E-state index contributed by atoms with van der Waals surface area (Å²) in [7, 11) is -4.37. The summed E-state index contributed by atoms with van der Waals surface area (Å²) < 4.78 is 33.4. The molecule has 0 spiro atoms. The van der Waals surface area contributed by atoms with Crippen LogP contribution < -0.4 is 0 Å².